The van der Waals surface area contributed by atoms with Crippen molar-refractivity contribution in [1.82, 2.24) is 14.3 Å². The number of nitrogens with two attached hydrogens (primary N) is 1. The zero-order chi connectivity index (χ0) is 17.5. The highest BCUT2D eigenvalue weighted by molar-refractivity contribution is 7.89. The molecule has 1 aromatic carbocycles. The van der Waals surface area contributed by atoms with E-state index in [1.165, 1.54) is 12.5 Å². The Bertz CT molecular complexity index is 858. The third-order valence-electron chi connectivity index (χ3n) is 4.04. The van der Waals surface area contributed by atoms with Crippen LogP contribution in [0.5, 0.6) is 5.75 Å². The van der Waals surface area contributed by atoms with E-state index in [-0.39, 0.29) is 5.03 Å². The second-order valence-corrected chi connectivity index (χ2v) is 8.24. The second-order valence-electron chi connectivity index (χ2n) is 6.58. The van der Waals surface area contributed by atoms with E-state index < -0.39 is 21.7 Å². The van der Waals surface area contributed by atoms with E-state index in [4.69, 9.17) is 10.5 Å². The molecule has 0 amide bonds. The summed E-state index contributed by atoms with van der Waals surface area (Å²) >= 11 is 0. The normalized spacial score (nSPS) is 19.5. The predicted molar refractivity (Wildman–Crippen MR) is 91.1 cm³/mol. The maximum absolute atomic E-state index is 12.7. The van der Waals surface area contributed by atoms with E-state index >= 15 is 0 Å². The summed E-state index contributed by atoms with van der Waals surface area (Å²) in [5, 5.41) is 0.0131. The lowest BCUT2D eigenvalue weighted by atomic mass is 9.90. The fourth-order valence-corrected chi connectivity index (χ4v) is 4.04. The van der Waals surface area contributed by atoms with Crippen LogP contribution in [0.1, 0.15) is 38.8 Å². The Hall–Kier alpha value is -2.06. The summed E-state index contributed by atoms with van der Waals surface area (Å²) in [7, 11) is -3.73. The molecule has 1 aromatic heterocycles. The van der Waals surface area contributed by atoms with Gasteiger partial charge in [-0.2, -0.15) is 0 Å². The number of sulfonamides is 1. The molecule has 7 nitrogen and oxygen atoms in total. The Balaban J connectivity index is 1.95. The van der Waals surface area contributed by atoms with Crippen LogP contribution in [0.15, 0.2) is 35.7 Å². The Kier molecular flexibility index (Phi) is 4.05. The van der Waals surface area contributed by atoms with Crippen molar-refractivity contribution in [3.63, 3.8) is 0 Å². The van der Waals surface area contributed by atoms with Gasteiger partial charge in [0, 0.05) is 30.4 Å². The molecule has 1 aliphatic rings. The second kappa shape index (κ2) is 5.78. The van der Waals surface area contributed by atoms with Gasteiger partial charge in [-0.1, -0.05) is 0 Å². The van der Waals surface area contributed by atoms with Crippen molar-refractivity contribution in [2.75, 3.05) is 5.73 Å². The van der Waals surface area contributed by atoms with E-state index in [0.29, 0.717) is 24.4 Å². The molecule has 0 bridgehead atoms. The van der Waals surface area contributed by atoms with Crippen LogP contribution in [-0.4, -0.2) is 23.6 Å². The number of imidazole rings is 1. The number of rotatable bonds is 4. The predicted octanol–water partition coefficient (Wildman–Crippen LogP) is 2.07. The smallest absolute Gasteiger partial charge is 0.260 e. The number of hydrogen-bond acceptors (Lipinski definition) is 5. The van der Waals surface area contributed by atoms with E-state index in [9.17, 15) is 8.42 Å². The summed E-state index contributed by atoms with van der Waals surface area (Å²) in [6.45, 7) is 6.44. The van der Waals surface area contributed by atoms with Crippen LogP contribution in [0, 0.1) is 0 Å². The van der Waals surface area contributed by atoms with Gasteiger partial charge in [0.2, 0.25) is 0 Å². The fraction of sp³-hybridized carbons (Fsp3) is 0.438. The third kappa shape index (κ3) is 3.25. The van der Waals surface area contributed by atoms with E-state index in [2.05, 4.69) is 9.71 Å². The van der Waals surface area contributed by atoms with Crippen molar-refractivity contribution in [2.45, 2.75) is 50.4 Å². The molecule has 0 aliphatic carbocycles. The molecule has 0 fully saturated rings. The summed E-state index contributed by atoms with van der Waals surface area (Å²) in [5.74, 6) is 0.646. The maximum Gasteiger partial charge on any atom is 0.260 e. The molecule has 24 heavy (non-hydrogen) atoms. The van der Waals surface area contributed by atoms with Crippen molar-refractivity contribution in [1.29, 1.82) is 0 Å². The summed E-state index contributed by atoms with van der Waals surface area (Å²) < 4.78 is 35.8. The SMILES string of the molecule is CCn1cnc(S(=O)(=O)NC2CC(C)(C)Oc3ccc(N)cc32)c1. The Morgan fingerprint density at radius 3 is 2.88 bits per heavy atom. The van der Waals surface area contributed by atoms with Crippen LogP contribution >= 0.6 is 0 Å². The number of fused-ring (bicyclic) bond motifs is 1. The Morgan fingerprint density at radius 1 is 1.46 bits per heavy atom. The van der Waals surface area contributed by atoms with Crippen LogP contribution in [0.2, 0.25) is 0 Å². The lowest BCUT2D eigenvalue weighted by Crippen LogP contribution is -2.41. The van der Waals surface area contributed by atoms with Crippen LogP contribution in [0.3, 0.4) is 0 Å². The average molecular weight is 350 g/mol. The molecule has 130 valence electrons. The van der Waals surface area contributed by atoms with Gasteiger partial charge >= 0.3 is 0 Å². The summed E-state index contributed by atoms with van der Waals surface area (Å²) in [4.78, 5) is 3.99. The van der Waals surface area contributed by atoms with Crippen LogP contribution in [0.4, 0.5) is 5.69 Å². The highest BCUT2D eigenvalue weighted by atomic mass is 32.2. The zero-order valence-electron chi connectivity index (χ0n) is 14.0. The molecule has 0 saturated heterocycles. The lowest BCUT2D eigenvalue weighted by Gasteiger charge is -2.37. The van der Waals surface area contributed by atoms with E-state index in [0.717, 1.165) is 5.56 Å². The molecule has 0 spiro atoms. The summed E-state index contributed by atoms with van der Waals surface area (Å²) in [6, 6.07) is 4.85. The van der Waals surface area contributed by atoms with Gasteiger partial charge < -0.3 is 15.0 Å². The van der Waals surface area contributed by atoms with Gasteiger partial charge in [0.15, 0.2) is 5.03 Å². The minimum atomic E-state index is -3.73. The van der Waals surface area contributed by atoms with Crippen LogP contribution in [0.25, 0.3) is 0 Å². The van der Waals surface area contributed by atoms with E-state index in [1.807, 2.05) is 20.8 Å². The fourth-order valence-electron chi connectivity index (χ4n) is 2.88. The van der Waals surface area contributed by atoms with Gasteiger partial charge in [-0.25, -0.2) is 18.1 Å². The number of anilines is 1. The van der Waals surface area contributed by atoms with Crippen molar-refractivity contribution in [3.8, 4) is 5.75 Å². The molecule has 0 saturated carbocycles. The number of nitrogens with one attached hydrogen (secondary N) is 1. The molecule has 1 atom stereocenters. The number of benzene rings is 1. The van der Waals surface area contributed by atoms with Gasteiger partial charge in [0.05, 0.1) is 12.4 Å². The summed E-state index contributed by atoms with van der Waals surface area (Å²) in [5.41, 5.74) is 6.68. The monoisotopic (exact) mass is 350 g/mol. The number of aromatic nitrogens is 2. The van der Waals surface area contributed by atoms with Gasteiger partial charge in [0.25, 0.3) is 10.0 Å². The van der Waals surface area contributed by atoms with Gasteiger partial charge in [-0.05, 0) is 39.0 Å². The Morgan fingerprint density at radius 2 is 2.21 bits per heavy atom. The number of hydrogen-bond donors (Lipinski definition) is 2. The standard InChI is InChI=1S/C16H22N4O3S/c1-4-20-9-15(18-10-20)24(21,22)19-13-8-16(2,3)23-14-6-5-11(17)7-12(13)14/h5-7,9-10,13,19H,4,8,17H2,1-3H3. The topological polar surface area (TPSA) is 99.2 Å². The first-order valence-electron chi connectivity index (χ1n) is 7.83. The lowest BCUT2D eigenvalue weighted by molar-refractivity contribution is 0.0702. The molecule has 2 aromatic rings. The first kappa shape index (κ1) is 16.8. The molecule has 1 aliphatic heterocycles. The number of nitrogen functional groups attached to an aromatic ring is 1. The van der Waals surface area contributed by atoms with Crippen molar-refractivity contribution in [2.24, 2.45) is 0 Å². The van der Waals surface area contributed by atoms with Crippen LogP contribution in [-0.2, 0) is 16.6 Å². The molecule has 3 N–H and O–H groups in total. The first-order valence-corrected chi connectivity index (χ1v) is 9.31. The van der Waals surface area contributed by atoms with Gasteiger partial charge in [-0.3, -0.25) is 0 Å². The highest BCUT2D eigenvalue weighted by Crippen LogP contribution is 2.40. The number of aryl methyl sites for hydroxylation is 1. The maximum atomic E-state index is 12.7. The largest absolute Gasteiger partial charge is 0.487 e. The van der Waals surface area contributed by atoms with Gasteiger partial charge in [-0.15, -0.1) is 0 Å². The molecule has 3 rings (SSSR count). The highest BCUT2D eigenvalue weighted by Gasteiger charge is 2.36. The third-order valence-corrected chi connectivity index (χ3v) is 5.39. The van der Waals surface area contributed by atoms with Crippen LogP contribution < -0.4 is 15.2 Å². The quantitative estimate of drug-likeness (QED) is 0.822. The number of ether oxygens (including phenoxy) is 1. The molecular weight excluding hydrogens is 328 g/mol. The van der Waals surface area contributed by atoms with Crippen molar-refractivity contribution < 1.29 is 13.2 Å². The number of nitrogens with zero attached hydrogens (tertiary/aromatic N) is 2. The minimum absolute atomic E-state index is 0.0131. The van der Waals surface area contributed by atoms with Crippen molar-refractivity contribution >= 4 is 15.7 Å². The minimum Gasteiger partial charge on any atom is -0.487 e. The van der Waals surface area contributed by atoms with E-state index in [1.54, 1.807) is 22.8 Å². The zero-order valence-corrected chi connectivity index (χ0v) is 14.8. The molecule has 0 radical (unpaired) electrons. The molecule has 2 heterocycles. The average Bonchev–Trinajstić information content (AvgIpc) is 2.97. The van der Waals surface area contributed by atoms with Gasteiger partial charge in [0.1, 0.15) is 11.4 Å². The Labute approximate surface area is 141 Å². The van der Waals surface area contributed by atoms with Crippen molar-refractivity contribution in [3.05, 3.63) is 36.3 Å². The molecule has 8 heteroatoms. The first-order chi connectivity index (χ1) is 11.2. The molecular formula is C16H22N4O3S. The summed E-state index contributed by atoms with van der Waals surface area (Å²) in [6.07, 6.45) is 3.53. The molecule has 1 unspecified atom stereocenters.